The number of nitrogens with zero attached hydrogens (tertiary/aromatic N) is 4. The molecule has 4 rings (SSSR count). The Morgan fingerprint density at radius 1 is 1.12 bits per heavy atom. The summed E-state index contributed by atoms with van der Waals surface area (Å²) >= 11 is 0. The van der Waals surface area contributed by atoms with Gasteiger partial charge in [-0.1, -0.05) is 12.1 Å². The molecule has 1 amide bonds. The SMILES string of the molecule is Cc1cccc(C(=O)N2C[C@H]3CN(Cc4cccnc4)C[C@@H]3C2)n1. The van der Waals surface area contributed by atoms with E-state index in [0.717, 1.165) is 38.4 Å². The fraction of sp³-hybridized carbons (Fsp3) is 0.421. The van der Waals surface area contributed by atoms with Crippen molar-refractivity contribution in [2.24, 2.45) is 11.8 Å². The Kier molecular flexibility index (Phi) is 4.02. The minimum atomic E-state index is 0.0758. The Bertz CT molecular complexity index is 719. The average molecular weight is 322 g/mol. The predicted molar refractivity (Wildman–Crippen MR) is 91.4 cm³/mol. The van der Waals surface area contributed by atoms with Gasteiger partial charge in [0.2, 0.25) is 0 Å². The molecule has 2 aromatic rings. The summed E-state index contributed by atoms with van der Waals surface area (Å²) in [6.07, 6.45) is 3.75. The second-order valence-electron chi connectivity index (χ2n) is 6.95. The Hall–Kier alpha value is -2.27. The monoisotopic (exact) mass is 322 g/mol. The molecule has 5 nitrogen and oxygen atoms in total. The van der Waals surface area contributed by atoms with Gasteiger partial charge in [0.15, 0.2) is 0 Å². The molecule has 2 aliphatic rings. The van der Waals surface area contributed by atoms with E-state index < -0.39 is 0 Å². The van der Waals surface area contributed by atoms with Gasteiger partial charge >= 0.3 is 0 Å². The van der Waals surface area contributed by atoms with Crippen molar-refractivity contribution in [1.82, 2.24) is 19.8 Å². The van der Waals surface area contributed by atoms with Crippen LogP contribution in [0.15, 0.2) is 42.7 Å². The van der Waals surface area contributed by atoms with Gasteiger partial charge in [0.25, 0.3) is 5.91 Å². The maximum absolute atomic E-state index is 12.6. The second kappa shape index (κ2) is 6.32. The van der Waals surface area contributed by atoms with Gasteiger partial charge in [-0.2, -0.15) is 0 Å². The van der Waals surface area contributed by atoms with E-state index in [-0.39, 0.29) is 5.91 Å². The maximum Gasteiger partial charge on any atom is 0.272 e. The fourth-order valence-electron chi connectivity index (χ4n) is 3.96. The first kappa shape index (κ1) is 15.3. The Labute approximate surface area is 142 Å². The van der Waals surface area contributed by atoms with Crippen molar-refractivity contribution in [3.63, 3.8) is 0 Å². The zero-order valence-corrected chi connectivity index (χ0v) is 13.9. The largest absolute Gasteiger partial charge is 0.337 e. The van der Waals surface area contributed by atoms with Crippen molar-refractivity contribution < 1.29 is 4.79 Å². The topological polar surface area (TPSA) is 49.3 Å². The molecule has 2 atom stereocenters. The summed E-state index contributed by atoms with van der Waals surface area (Å²) in [6.45, 7) is 6.69. The number of rotatable bonds is 3. The van der Waals surface area contributed by atoms with E-state index in [1.807, 2.05) is 48.5 Å². The van der Waals surface area contributed by atoms with Crippen molar-refractivity contribution in [2.75, 3.05) is 26.2 Å². The summed E-state index contributed by atoms with van der Waals surface area (Å²) in [5.41, 5.74) is 2.72. The van der Waals surface area contributed by atoms with Crippen molar-refractivity contribution in [3.05, 3.63) is 59.7 Å². The quantitative estimate of drug-likeness (QED) is 0.867. The lowest BCUT2D eigenvalue weighted by Gasteiger charge is -2.21. The number of amides is 1. The van der Waals surface area contributed by atoms with E-state index in [9.17, 15) is 4.79 Å². The van der Waals surface area contributed by atoms with Crippen LogP contribution in [0.3, 0.4) is 0 Å². The lowest BCUT2D eigenvalue weighted by Crippen LogP contribution is -2.33. The molecule has 0 spiro atoms. The van der Waals surface area contributed by atoms with E-state index in [4.69, 9.17) is 0 Å². The number of carbonyl (C=O) groups is 1. The molecule has 2 fully saturated rings. The molecule has 0 bridgehead atoms. The molecule has 24 heavy (non-hydrogen) atoms. The fourth-order valence-corrected chi connectivity index (χ4v) is 3.96. The van der Waals surface area contributed by atoms with Crippen LogP contribution in [0, 0.1) is 18.8 Å². The number of aryl methyl sites for hydroxylation is 1. The first-order valence-corrected chi connectivity index (χ1v) is 8.53. The number of pyridine rings is 2. The number of fused-ring (bicyclic) bond motifs is 1. The number of likely N-dealkylation sites (tertiary alicyclic amines) is 2. The minimum absolute atomic E-state index is 0.0758. The van der Waals surface area contributed by atoms with Crippen LogP contribution in [0.2, 0.25) is 0 Å². The molecule has 0 aromatic carbocycles. The molecule has 5 heteroatoms. The minimum Gasteiger partial charge on any atom is -0.337 e. The van der Waals surface area contributed by atoms with Crippen molar-refractivity contribution >= 4 is 5.91 Å². The number of hydrogen-bond acceptors (Lipinski definition) is 4. The molecule has 2 saturated heterocycles. The van der Waals surface area contributed by atoms with E-state index >= 15 is 0 Å². The molecule has 0 N–H and O–H groups in total. The first-order chi connectivity index (χ1) is 11.7. The summed E-state index contributed by atoms with van der Waals surface area (Å²) in [6, 6.07) is 9.76. The standard InChI is InChI=1S/C19H22N4O/c1-14-4-2-6-18(21-14)19(24)23-12-16-10-22(11-17(16)13-23)9-15-5-3-7-20-8-15/h2-8,16-17H,9-13H2,1H3/t16-,17-/m1/s1. The molecule has 0 aliphatic carbocycles. The summed E-state index contributed by atoms with van der Waals surface area (Å²) in [7, 11) is 0. The molecule has 0 saturated carbocycles. The van der Waals surface area contributed by atoms with Gasteiger partial charge in [-0.25, -0.2) is 4.98 Å². The van der Waals surface area contributed by atoms with Crippen molar-refractivity contribution in [3.8, 4) is 0 Å². The Morgan fingerprint density at radius 3 is 2.58 bits per heavy atom. The van der Waals surface area contributed by atoms with Crippen molar-refractivity contribution in [2.45, 2.75) is 13.5 Å². The lowest BCUT2D eigenvalue weighted by molar-refractivity contribution is 0.0767. The molecule has 4 heterocycles. The summed E-state index contributed by atoms with van der Waals surface area (Å²) in [5.74, 6) is 1.23. The van der Waals surface area contributed by atoms with Crippen LogP contribution in [-0.4, -0.2) is 51.9 Å². The van der Waals surface area contributed by atoms with Gasteiger partial charge in [0, 0.05) is 50.8 Å². The third-order valence-corrected chi connectivity index (χ3v) is 5.09. The third kappa shape index (κ3) is 3.04. The highest BCUT2D eigenvalue weighted by Gasteiger charge is 2.41. The lowest BCUT2D eigenvalue weighted by atomic mass is 10.0. The van der Waals surface area contributed by atoms with Crippen molar-refractivity contribution in [1.29, 1.82) is 0 Å². The van der Waals surface area contributed by atoms with Crippen LogP contribution in [0.25, 0.3) is 0 Å². The summed E-state index contributed by atoms with van der Waals surface area (Å²) < 4.78 is 0. The molecule has 0 unspecified atom stereocenters. The Balaban J connectivity index is 1.37. The van der Waals surface area contributed by atoms with Gasteiger partial charge in [0.1, 0.15) is 5.69 Å². The van der Waals surface area contributed by atoms with Crippen LogP contribution in [0.4, 0.5) is 0 Å². The zero-order chi connectivity index (χ0) is 16.5. The highest BCUT2D eigenvalue weighted by molar-refractivity contribution is 5.92. The number of carbonyl (C=O) groups excluding carboxylic acids is 1. The second-order valence-corrected chi connectivity index (χ2v) is 6.95. The van der Waals surface area contributed by atoms with Gasteiger partial charge in [-0.3, -0.25) is 14.7 Å². The molecular weight excluding hydrogens is 300 g/mol. The molecular formula is C19H22N4O. The van der Waals surface area contributed by atoms with Crippen LogP contribution in [0.5, 0.6) is 0 Å². The van der Waals surface area contributed by atoms with Gasteiger partial charge < -0.3 is 4.90 Å². The van der Waals surface area contributed by atoms with Gasteiger partial charge in [0.05, 0.1) is 0 Å². The van der Waals surface area contributed by atoms with Gasteiger partial charge in [-0.15, -0.1) is 0 Å². The van der Waals surface area contributed by atoms with Crippen LogP contribution < -0.4 is 0 Å². The summed E-state index contributed by atoms with van der Waals surface area (Å²) in [4.78, 5) is 25.7. The average Bonchev–Trinajstić information content (AvgIpc) is 3.13. The normalized spacial score (nSPS) is 23.5. The molecule has 2 aromatic heterocycles. The Morgan fingerprint density at radius 2 is 1.92 bits per heavy atom. The molecule has 124 valence electrons. The predicted octanol–water partition coefficient (Wildman–Crippen LogP) is 1.99. The molecule has 2 aliphatic heterocycles. The van der Waals surface area contributed by atoms with Crippen LogP contribution in [-0.2, 0) is 6.54 Å². The van der Waals surface area contributed by atoms with E-state index in [1.165, 1.54) is 5.56 Å². The van der Waals surface area contributed by atoms with Crippen LogP contribution in [0.1, 0.15) is 21.7 Å². The summed E-state index contributed by atoms with van der Waals surface area (Å²) in [5, 5.41) is 0. The zero-order valence-electron chi connectivity index (χ0n) is 13.9. The van der Waals surface area contributed by atoms with E-state index in [1.54, 1.807) is 0 Å². The highest BCUT2D eigenvalue weighted by Crippen LogP contribution is 2.32. The van der Waals surface area contributed by atoms with E-state index in [2.05, 4.69) is 20.9 Å². The van der Waals surface area contributed by atoms with Gasteiger partial charge in [-0.05, 0) is 42.5 Å². The van der Waals surface area contributed by atoms with Crippen LogP contribution >= 0.6 is 0 Å². The highest BCUT2D eigenvalue weighted by atomic mass is 16.2. The number of aromatic nitrogens is 2. The maximum atomic E-state index is 12.6. The first-order valence-electron chi connectivity index (χ1n) is 8.53. The third-order valence-electron chi connectivity index (χ3n) is 5.09. The molecule has 0 radical (unpaired) electrons. The smallest absolute Gasteiger partial charge is 0.272 e. The van der Waals surface area contributed by atoms with E-state index in [0.29, 0.717) is 17.5 Å². The number of hydrogen-bond donors (Lipinski definition) is 0.